The molecule has 0 unspecified atom stereocenters. The number of aromatic nitrogens is 2. The molecule has 1 fully saturated rings. The number of nitrogens with one attached hydrogen (secondary N) is 1. The number of nitrogens with zero attached hydrogens (tertiary/aromatic N) is 2. The van der Waals surface area contributed by atoms with Crippen molar-refractivity contribution in [2.24, 2.45) is 5.92 Å². The summed E-state index contributed by atoms with van der Waals surface area (Å²) in [6.45, 7) is 2.32. The highest BCUT2D eigenvalue weighted by molar-refractivity contribution is 8.00. The zero-order valence-corrected chi connectivity index (χ0v) is 17.5. The van der Waals surface area contributed by atoms with Crippen LogP contribution in [-0.4, -0.2) is 21.9 Å². The molecule has 2 aromatic heterocycles. The Morgan fingerprint density at radius 2 is 2.04 bits per heavy atom. The van der Waals surface area contributed by atoms with Gasteiger partial charge in [-0.2, -0.15) is 0 Å². The lowest BCUT2D eigenvalue weighted by molar-refractivity contribution is -0.120. The lowest BCUT2D eigenvalue weighted by atomic mass is 9.89. The van der Waals surface area contributed by atoms with Crippen LogP contribution in [0.15, 0.2) is 41.7 Å². The molecule has 2 aliphatic rings. The van der Waals surface area contributed by atoms with Gasteiger partial charge < -0.3 is 5.32 Å². The monoisotopic (exact) mass is 409 g/mol. The van der Waals surface area contributed by atoms with E-state index in [1.54, 1.807) is 29.4 Å². The number of hydrogen-bond acceptors (Lipinski definition) is 5. The molecule has 0 bridgehead atoms. The van der Waals surface area contributed by atoms with Crippen molar-refractivity contribution in [3.05, 3.63) is 52.7 Å². The van der Waals surface area contributed by atoms with Gasteiger partial charge in [-0.25, -0.2) is 9.97 Å². The lowest BCUT2D eigenvalue weighted by Gasteiger charge is -2.19. The molecular formula is C22H23N3OS2. The number of amides is 1. The molecule has 3 aromatic rings. The summed E-state index contributed by atoms with van der Waals surface area (Å²) in [5.41, 5.74) is 2.44. The van der Waals surface area contributed by atoms with E-state index in [-0.39, 0.29) is 11.2 Å². The van der Waals surface area contributed by atoms with E-state index in [2.05, 4.69) is 22.2 Å². The molecule has 4 nitrogen and oxygen atoms in total. The molecule has 0 aliphatic heterocycles. The Morgan fingerprint density at radius 3 is 2.82 bits per heavy atom. The standard InChI is InChI=1S/C22H23N3OS2/c1-13-7-10-16-17(11-13)27-21-18(16)22(24-12-23-21)28-19(14-5-3-2-4-6-14)20(26)25-15-8-9-15/h2-6,12-13,15,19H,7-11H2,1H3,(H,25,26)/t13-,19+/m0/s1. The highest BCUT2D eigenvalue weighted by Gasteiger charge is 2.31. The Morgan fingerprint density at radius 1 is 1.21 bits per heavy atom. The number of aryl methyl sites for hydroxylation is 1. The fourth-order valence-corrected chi connectivity index (χ4v) is 6.40. The predicted octanol–water partition coefficient (Wildman–Crippen LogP) is 4.93. The number of hydrogen-bond donors (Lipinski definition) is 1. The molecule has 0 spiro atoms. The van der Waals surface area contributed by atoms with Gasteiger partial charge in [-0.1, -0.05) is 49.0 Å². The highest BCUT2D eigenvalue weighted by atomic mass is 32.2. The zero-order chi connectivity index (χ0) is 19.1. The minimum atomic E-state index is -0.294. The molecule has 2 heterocycles. The van der Waals surface area contributed by atoms with Gasteiger partial charge in [-0.3, -0.25) is 4.79 Å². The van der Waals surface area contributed by atoms with Crippen LogP contribution in [0.25, 0.3) is 10.2 Å². The molecule has 6 heteroatoms. The molecule has 1 saturated carbocycles. The van der Waals surface area contributed by atoms with Crippen molar-refractivity contribution < 1.29 is 4.79 Å². The number of benzene rings is 1. The second kappa shape index (κ2) is 7.48. The molecule has 5 rings (SSSR count). The second-order valence-electron chi connectivity index (χ2n) is 7.90. The van der Waals surface area contributed by atoms with Gasteiger partial charge in [0.2, 0.25) is 5.91 Å². The summed E-state index contributed by atoms with van der Waals surface area (Å²) in [6.07, 6.45) is 7.25. The minimum Gasteiger partial charge on any atom is -0.352 e. The Hall–Kier alpha value is -1.92. The van der Waals surface area contributed by atoms with Crippen LogP contribution in [0.2, 0.25) is 0 Å². The summed E-state index contributed by atoms with van der Waals surface area (Å²) in [5.74, 6) is 0.814. The Labute approximate surface area is 173 Å². The van der Waals surface area contributed by atoms with Gasteiger partial charge >= 0.3 is 0 Å². The first kappa shape index (κ1) is 18.1. The van der Waals surface area contributed by atoms with Gasteiger partial charge in [0.25, 0.3) is 0 Å². The summed E-state index contributed by atoms with van der Waals surface area (Å²) >= 11 is 3.38. The van der Waals surface area contributed by atoms with Crippen LogP contribution >= 0.6 is 23.1 Å². The first-order chi connectivity index (χ1) is 13.7. The van der Waals surface area contributed by atoms with Gasteiger partial charge in [0.1, 0.15) is 21.4 Å². The summed E-state index contributed by atoms with van der Waals surface area (Å²) in [6, 6.07) is 10.4. The number of fused-ring (bicyclic) bond motifs is 3. The summed E-state index contributed by atoms with van der Waals surface area (Å²) in [7, 11) is 0. The van der Waals surface area contributed by atoms with Crippen molar-refractivity contribution in [2.45, 2.75) is 55.3 Å². The SMILES string of the molecule is C[C@H]1CCc2c(sc3ncnc(S[C@@H](C(=O)NC4CC4)c4ccccc4)c23)C1. The normalized spacial score (nSPS) is 20.0. The second-order valence-corrected chi connectivity index (χ2v) is 10.1. The van der Waals surface area contributed by atoms with E-state index >= 15 is 0 Å². The van der Waals surface area contributed by atoms with Crippen LogP contribution in [0.5, 0.6) is 0 Å². The van der Waals surface area contributed by atoms with E-state index in [1.807, 2.05) is 30.3 Å². The molecule has 0 saturated heterocycles. The highest BCUT2D eigenvalue weighted by Crippen LogP contribution is 2.44. The molecule has 28 heavy (non-hydrogen) atoms. The van der Waals surface area contributed by atoms with Crippen molar-refractivity contribution in [1.29, 1.82) is 0 Å². The van der Waals surface area contributed by atoms with Crippen molar-refractivity contribution in [3.8, 4) is 0 Å². The third kappa shape index (κ3) is 3.55. The molecule has 1 amide bonds. The lowest BCUT2D eigenvalue weighted by Crippen LogP contribution is -2.29. The van der Waals surface area contributed by atoms with Crippen LogP contribution in [-0.2, 0) is 17.6 Å². The van der Waals surface area contributed by atoms with E-state index in [1.165, 1.54) is 22.2 Å². The van der Waals surface area contributed by atoms with Gasteiger partial charge in [-0.05, 0) is 49.1 Å². The quantitative estimate of drug-likeness (QED) is 0.480. The number of thioether (sulfide) groups is 1. The van der Waals surface area contributed by atoms with Crippen molar-refractivity contribution in [3.63, 3.8) is 0 Å². The average molecular weight is 410 g/mol. The largest absolute Gasteiger partial charge is 0.352 e. The van der Waals surface area contributed by atoms with E-state index in [0.717, 1.165) is 47.0 Å². The zero-order valence-electron chi connectivity index (χ0n) is 15.9. The number of carbonyl (C=O) groups is 1. The molecular weight excluding hydrogens is 386 g/mol. The van der Waals surface area contributed by atoms with Crippen LogP contribution in [0, 0.1) is 5.92 Å². The van der Waals surface area contributed by atoms with Crippen molar-refractivity contribution in [1.82, 2.24) is 15.3 Å². The first-order valence-corrected chi connectivity index (χ1v) is 11.7. The fourth-order valence-electron chi connectivity index (χ4n) is 3.85. The predicted molar refractivity (Wildman–Crippen MR) is 115 cm³/mol. The third-order valence-corrected chi connectivity index (χ3v) is 7.97. The van der Waals surface area contributed by atoms with E-state index in [0.29, 0.717) is 6.04 Å². The van der Waals surface area contributed by atoms with Gasteiger partial charge in [0.15, 0.2) is 0 Å². The minimum absolute atomic E-state index is 0.0863. The van der Waals surface area contributed by atoms with Crippen LogP contribution in [0.1, 0.15) is 47.4 Å². The number of carbonyl (C=O) groups excluding carboxylic acids is 1. The molecule has 2 aliphatic carbocycles. The summed E-state index contributed by atoms with van der Waals surface area (Å²) in [5, 5.41) is 5.01. The van der Waals surface area contributed by atoms with Crippen LogP contribution in [0.3, 0.4) is 0 Å². The summed E-state index contributed by atoms with van der Waals surface area (Å²) in [4.78, 5) is 24.7. The van der Waals surface area contributed by atoms with Gasteiger partial charge in [0, 0.05) is 16.3 Å². The summed E-state index contributed by atoms with van der Waals surface area (Å²) < 4.78 is 0. The maximum atomic E-state index is 13.0. The Balaban J connectivity index is 1.53. The molecule has 2 atom stereocenters. The fraction of sp³-hybridized carbons (Fsp3) is 0.409. The number of rotatable bonds is 5. The number of thiophene rings is 1. The maximum Gasteiger partial charge on any atom is 0.238 e. The van der Waals surface area contributed by atoms with Crippen LogP contribution < -0.4 is 5.32 Å². The Bertz CT molecular complexity index is 1010. The van der Waals surface area contributed by atoms with E-state index in [9.17, 15) is 4.79 Å². The average Bonchev–Trinajstić information content (AvgIpc) is 3.44. The molecule has 1 N–H and O–H groups in total. The molecule has 144 valence electrons. The maximum absolute atomic E-state index is 13.0. The topological polar surface area (TPSA) is 54.9 Å². The first-order valence-electron chi connectivity index (χ1n) is 9.96. The van der Waals surface area contributed by atoms with E-state index in [4.69, 9.17) is 0 Å². The Kier molecular flexibility index (Phi) is 4.85. The molecule has 0 radical (unpaired) electrons. The van der Waals surface area contributed by atoms with Crippen LogP contribution in [0.4, 0.5) is 0 Å². The smallest absolute Gasteiger partial charge is 0.238 e. The van der Waals surface area contributed by atoms with Crippen molar-refractivity contribution >= 4 is 39.2 Å². The third-order valence-electron chi connectivity index (χ3n) is 5.55. The van der Waals surface area contributed by atoms with Gasteiger partial charge in [-0.15, -0.1) is 11.3 Å². The molecule has 1 aromatic carbocycles. The van der Waals surface area contributed by atoms with Gasteiger partial charge in [0.05, 0.1) is 0 Å². The van der Waals surface area contributed by atoms with Crippen molar-refractivity contribution in [2.75, 3.05) is 0 Å². The van der Waals surface area contributed by atoms with E-state index < -0.39 is 0 Å².